The van der Waals surface area contributed by atoms with E-state index in [4.69, 9.17) is 14.2 Å². The number of benzene rings is 1. The first-order valence-electron chi connectivity index (χ1n) is 5.97. The van der Waals surface area contributed by atoms with E-state index in [1.54, 1.807) is 21.3 Å². The van der Waals surface area contributed by atoms with E-state index in [0.717, 1.165) is 33.5 Å². The first kappa shape index (κ1) is 11.7. The van der Waals surface area contributed by atoms with Gasteiger partial charge in [-0.3, -0.25) is 0 Å². The van der Waals surface area contributed by atoms with E-state index in [2.05, 4.69) is 12.3 Å². The van der Waals surface area contributed by atoms with Crippen molar-refractivity contribution in [1.29, 1.82) is 0 Å². The van der Waals surface area contributed by atoms with Crippen molar-refractivity contribution in [2.45, 2.75) is 0 Å². The summed E-state index contributed by atoms with van der Waals surface area (Å²) in [4.78, 5) is 0. The lowest BCUT2D eigenvalue weighted by Crippen LogP contribution is -1.92. The molecular weight excluding hydrogens is 242 g/mol. The molecule has 0 N–H and O–H groups in total. The van der Waals surface area contributed by atoms with E-state index in [9.17, 15) is 0 Å². The van der Waals surface area contributed by atoms with E-state index in [1.807, 2.05) is 28.8 Å². The summed E-state index contributed by atoms with van der Waals surface area (Å²) in [6.07, 6.45) is 4.03. The van der Waals surface area contributed by atoms with Gasteiger partial charge in [-0.1, -0.05) is 0 Å². The molecule has 0 saturated heterocycles. The Balaban J connectivity index is 2.33. The van der Waals surface area contributed by atoms with Crippen molar-refractivity contribution in [3.8, 4) is 17.2 Å². The van der Waals surface area contributed by atoms with Crippen molar-refractivity contribution < 1.29 is 14.2 Å². The Bertz CT molecular complexity index is 746. The first-order valence-corrected chi connectivity index (χ1v) is 5.97. The molecule has 0 atom stereocenters. The second kappa shape index (κ2) is 4.39. The van der Waals surface area contributed by atoms with Crippen molar-refractivity contribution in [3.63, 3.8) is 0 Å². The molecule has 4 nitrogen and oxygen atoms in total. The highest BCUT2D eigenvalue weighted by Crippen LogP contribution is 2.34. The molecule has 0 unspecified atom stereocenters. The highest BCUT2D eigenvalue weighted by Gasteiger charge is 2.09. The van der Waals surface area contributed by atoms with E-state index >= 15 is 0 Å². The summed E-state index contributed by atoms with van der Waals surface area (Å²) >= 11 is 0. The molecule has 0 spiro atoms. The van der Waals surface area contributed by atoms with Crippen LogP contribution in [-0.2, 0) is 0 Å². The van der Waals surface area contributed by atoms with Gasteiger partial charge in [-0.05, 0) is 29.7 Å². The summed E-state index contributed by atoms with van der Waals surface area (Å²) < 4.78 is 18.0. The van der Waals surface area contributed by atoms with Crippen LogP contribution in [0.15, 0.2) is 36.7 Å². The highest BCUT2D eigenvalue weighted by molar-refractivity contribution is 5.90. The summed E-state index contributed by atoms with van der Waals surface area (Å²) in [5.74, 6) is 2.31. The first-order chi connectivity index (χ1) is 9.26. The van der Waals surface area contributed by atoms with Crippen LogP contribution >= 0.6 is 0 Å². The third-order valence-corrected chi connectivity index (χ3v) is 3.30. The third-order valence-electron chi connectivity index (χ3n) is 3.30. The minimum Gasteiger partial charge on any atom is -0.495 e. The topological polar surface area (TPSA) is 32.1 Å². The van der Waals surface area contributed by atoms with Crippen molar-refractivity contribution in [3.05, 3.63) is 36.7 Å². The largest absolute Gasteiger partial charge is 0.495 e. The molecule has 0 fully saturated rings. The number of aromatic nitrogens is 1. The van der Waals surface area contributed by atoms with Crippen LogP contribution in [0.5, 0.6) is 17.2 Å². The third kappa shape index (κ3) is 1.76. The molecule has 0 aliphatic heterocycles. The Labute approximate surface area is 111 Å². The Hall–Kier alpha value is -2.36. The van der Waals surface area contributed by atoms with Gasteiger partial charge in [0.05, 0.1) is 26.8 Å². The maximum Gasteiger partial charge on any atom is 0.161 e. The lowest BCUT2D eigenvalue weighted by atomic mass is 10.1. The fourth-order valence-electron chi connectivity index (χ4n) is 2.32. The zero-order chi connectivity index (χ0) is 13.4. The monoisotopic (exact) mass is 257 g/mol. The minimum atomic E-state index is 0.727. The van der Waals surface area contributed by atoms with Crippen LogP contribution in [0.4, 0.5) is 0 Å². The van der Waals surface area contributed by atoms with Gasteiger partial charge in [0.15, 0.2) is 11.5 Å². The van der Waals surface area contributed by atoms with Gasteiger partial charge in [0.1, 0.15) is 5.75 Å². The SMILES string of the molecule is COc1cc2cc3c(OC)ccn3cc2cc1OC. The average Bonchev–Trinajstić information content (AvgIpc) is 2.85. The van der Waals surface area contributed by atoms with Crippen LogP contribution in [-0.4, -0.2) is 25.7 Å². The number of hydrogen-bond acceptors (Lipinski definition) is 3. The summed E-state index contributed by atoms with van der Waals surface area (Å²) in [6, 6.07) is 7.97. The molecule has 2 heterocycles. The maximum absolute atomic E-state index is 5.34. The second-order valence-corrected chi connectivity index (χ2v) is 4.29. The number of pyridine rings is 1. The standard InChI is InChI=1S/C15H15NO3/c1-17-13-4-5-16-9-11-8-15(19-3)14(18-2)7-10(11)6-12(13)16/h4-9H,1-3H3. The highest BCUT2D eigenvalue weighted by atomic mass is 16.5. The van der Waals surface area contributed by atoms with Crippen LogP contribution in [0.1, 0.15) is 0 Å². The second-order valence-electron chi connectivity index (χ2n) is 4.29. The average molecular weight is 257 g/mol. The Morgan fingerprint density at radius 2 is 1.42 bits per heavy atom. The molecule has 98 valence electrons. The molecule has 2 aromatic heterocycles. The number of fused-ring (bicyclic) bond motifs is 2. The normalized spacial score (nSPS) is 10.9. The molecule has 0 bridgehead atoms. The molecule has 0 radical (unpaired) electrons. The fourth-order valence-corrected chi connectivity index (χ4v) is 2.32. The van der Waals surface area contributed by atoms with Crippen molar-refractivity contribution in [2.75, 3.05) is 21.3 Å². The number of ether oxygens (including phenoxy) is 3. The molecular formula is C15H15NO3. The Kier molecular flexibility index (Phi) is 2.71. The predicted octanol–water partition coefficient (Wildman–Crippen LogP) is 3.12. The summed E-state index contributed by atoms with van der Waals surface area (Å²) in [6.45, 7) is 0. The zero-order valence-corrected chi connectivity index (χ0v) is 11.1. The summed E-state index contributed by atoms with van der Waals surface area (Å²) in [5, 5.41) is 2.17. The molecule has 4 heteroatoms. The molecule has 19 heavy (non-hydrogen) atoms. The van der Waals surface area contributed by atoms with Gasteiger partial charge in [-0.25, -0.2) is 0 Å². The number of rotatable bonds is 3. The minimum absolute atomic E-state index is 0.727. The van der Waals surface area contributed by atoms with Gasteiger partial charge in [0.25, 0.3) is 0 Å². The number of hydrogen-bond donors (Lipinski definition) is 0. The molecule has 1 aromatic carbocycles. The van der Waals surface area contributed by atoms with E-state index in [0.29, 0.717) is 0 Å². The zero-order valence-electron chi connectivity index (χ0n) is 11.1. The van der Waals surface area contributed by atoms with Gasteiger partial charge >= 0.3 is 0 Å². The fraction of sp³-hybridized carbons (Fsp3) is 0.200. The lowest BCUT2D eigenvalue weighted by molar-refractivity contribution is 0.356. The molecule has 3 aromatic rings. The Morgan fingerprint density at radius 1 is 0.789 bits per heavy atom. The molecule has 0 amide bonds. The van der Waals surface area contributed by atoms with Gasteiger partial charge in [0.2, 0.25) is 0 Å². The van der Waals surface area contributed by atoms with Gasteiger partial charge in [0, 0.05) is 17.8 Å². The lowest BCUT2D eigenvalue weighted by Gasteiger charge is -2.10. The Morgan fingerprint density at radius 3 is 2.05 bits per heavy atom. The summed E-state index contributed by atoms with van der Waals surface area (Å²) in [7, 11) is 4.95. The van der Waals surface area contributed by atoms with Crippen LogP contribution in [0.3, 0.4) is 0 Å². The molecule has 0 saturated carbocycles. The van der Waals surface area contributed by atoms with E-state index in [-0.39, 0.29) is 0 Å². The van der Waals surface area contributed by atoms with E-state index < -0.39 is 0 Å². The van der Waals surface area contributed by atoms with Crippen molar-refractivity contribution >= 4 is 16.3 Å². The van der Waals surface area contributed by atoms with E-state index in [1.165, 1.54) is 0 Å². The van der Waals surface area contributed by atoms with Crippen molar-refractivity contribution in [2.24, 2.45) is 0 Å². The molecule has 3 rings (SSSR count). The molecule has 0 aliphatic rings. The van der Waals surface area contributed by atoms with Crippen molar-refractivity contribution in [1.82, 2.24) is 4.40 Å². The predicted molar refractivity (Wildman–Crippen MR) is 74.6 cm³/mol. The quantitative estimate of drug-likeness (QED) is 0.722. The van der Waals surface area contributed by atoms with Gasteiger partial charge < -0.3 is 18.6 Å². The van der Waals surface area contributed by atoms with Gasteiger partial charge in [-0.2, -0.15) is 0 Å². The van der Waals surface area contributed by atoms with Crippen LogP contribution in [0, 0.1) is 0 Å². The van der Waals surface area contributed by atoms with Crippen LogP contribution in [0.25, 0.3) is 16.3 Å². The summed E-state index contributed by atoms with van der Waals surface area (Å²) in [5.41, 5.74) is 1.03. The van der Waals surface area contributed by atoms with Crippen LogP contribution in [0.2, 0.25) is 0 Å². The smallest absolute Gasteiger partial charge is 0.161 e. The van der Waals surface area contributed by atoms with Crippen LogP contribution < -0.4 is 14.2 Å². The maximum atomic E-state index is 5.34. The van der Waals surface area contributed by atoms with Gasteiger partial charge in [-0.15, -0.1) is 0 Å². The molecule has 0 aliphatic carbocycles. The number of methoxy groups -OCH3 is 3. The number of nitrogens with zero attached hydrogens (tertiary/aromatic N) is 1.